The highest BCUT2D eigenvalue weighted by molar-refractivity contribution is 7.37. The van der Waals surface area contributed by atoms with Crippen LogP contribution in [0.1, 0.15) is 0 Å². The summed E-state index contributed by atoms with van der Waals surface area (Å²) < 4.78 is 4.60. The van der Waals surface area contributed by atoms with E-state index in [4.69, 9.17) is 0 Å². The molecule has 0 amide bonds. The lowest BCUT2D eigenvalue weighted by Gasteiger charge is -2.01. The fourth-order valence-corrected chi connectivity index (χ4v) is 6.09. The van der Waals surface area contributed by atoms with Crippen LogP contribution in [0.4, 0.5) is 22.7 Å². The Labute approximate surface area is 264 Å². The van der Waals surface area contributed by atoms with Gasteiger partial charge in [0.2, 0.25) is 22.7 Å². The van der Waals surface area contributed by atoms with Crippen LogP contribution in [-0.2, 0) is 0 Å². The fraction of sp³-hybridized carbons (Fsp3) is 0. The van der Waals surface area contributed by atoms with E-state index in [1.165, 1.54) is 33.4 Å². The zero-order valence-electron chi connectivity index (χ0n) is 22.9. The van der Waals surface area contributed by atoms with Crippen LogP contribution in [0.3, 0.4) is 0 Å². The van der Waals surface area contributed by atoms with Gasteiger partial charge in [0.15, 0.2) is 0 Å². The molecule has 6 heteroatoms. The van der Waals surface area contributed by atoms with Crippen molar-refractivity contribution in [2.75, 3.05) is 0 Å². The molecule has 2 nitrogen and oxygen atoms in total. The summed E-state index contributed by atoms with van der Waals surface area (Å²) in [5.74, 6) is 0. The standard InChI is InChI=1S/2C18H15NP.2ClH/c2*1-4-10-16(11-5-1)19(17-12-6-2-7-13-17)20-18-14-8-3-9-15-18;;/h2*1-15H;2*1H/q2*+1;;/p-2. The van der Waals surface area contributed by atoms with Crippen molar-refractivity contribution in [2.45, 2.75) is 0 Å². The molecule has 0 aliphatic carbocycles. The first-order valence-electron chi connectivity index (χ1n) is 13.2. The molecule has 0 unspecified atom stereocenters. The van der Waals surface area contributed by atoms with Gasteiger partial charge >= 0.3 is 0 Å². The summed E-state index contributed by atoms with van der Waals surface area (Å²) in [5.41, 5.74) is 4.79. The molecule has 0 bridgehead atoms. The summed E-state index contributed by atoms with van der Waals surface area (Å²) in [6.07, 6.45) is 0. The maximum atomic E-state index is 2.30. The minimum Gasteiger partial charge on any atom is -1.00 e. The Balaban J connectivity index is 0.000000220. The number of hydrogen-bond donors (Lipinski definition) is 0. The van der Waals surface area contributed by atoms with Crippen LogP contribution in [0.15, 0.2) is 182 Å². The minimum atomic E-state index is 0. The molecule has 0 spiro atoms. The molecule has 208 valence electrons. The topological polar surface area (TPSA) is 6.02 Å². The van der Waals surface area contributed by atoms with Gasteiger partial charge in [-0.05, 0) is 24.3 Å². The van der Waals surface area contributed by atoms with Crippen LogP contribution in [0.2, 0.25) is 0 Å². The van der Waals surface area contributed by atoms with E-state index in [0.29, 0.717) is 0 Å². The summed E-state index contributed by atoms with van der Waals surface area (Å²) in [6.45, 7) is 0. The van der Waals surface area contributed by atoms with Gasteiger partial charge in [-0.1, -0.05) is 109 Å². The van der Waals surface area contributed by atoms with Crippen molar-refractivity contribution in [1.82, 2.24) is 8.66 Å². The predicted molar refractivity (Wildman–Crippen MR) is 175 cm³/mol. The fourth-order valence-electron chi connectivity index (χ4n) is 4.03. The van der Waals surface area contributed by atoms with Crippen LogP contribution >= 0.6 is 16.7 Å². The van der Waals surface area contributed by atoms with Crippen molar-refractivity contribution >= 4 is 50.1 Å². The smallest absolute Gasteiger partial charge is 0.258 e. The van der Waals surface area contributed by atoms with Gasteiger partial charge in [0.1, 0.15) is 0 Å². The number of benzene rings is 6. The lowest BCUT2D eigenvalue weighted by atomic mass is 10.3. The Morgan fingerprint density at radius 2 is 0.452 bits per heavy atom. The molecule has 0 aromatic heterocycles. The van der Waals surface area contributed by atoms with Gasteiger partial charge in [-0.15, -0.1) is 8.66 Å². The average Bonchev–Trinajstić information content (AvgIpc) is 3.05. The molecule has 0 aliphatic heterocycles. The number of hydrogen-bond acceptors (Lipinski definition) is 0. The molecule has 0 aliphatic rings. The van der Waals surface area contributed by atoms with E-state index in [9.17, 15) is 0 Å². The van der Waals surface area contributed by atoms with Gasteiger partial charge in [-0.25, -0.2) is 0 Å². The molecule has 0 fully saturated rings. The number of para-hydroxylation sites is 4. The molecule has 6 aromatic rings. The number of nitrogens with zero attached hydrogens (tertiary/aromatic N) is 2. The quantitative estimate of drug-likeness (QED) is 0.248. The first-order chi connectivity index (χ1) is 19.9. The maximum absolute atomic E-state index is 2.30. The van der Waals surface area contributed by atoms with E-state index < -0.39 is 0 Å². The molecule has 0 N–H and O–H groups in total. The van der Waals surface area contributed by atoms with Crippen molar-refractivity contribution in [3.05, 3.63) is 182 Å². The van der Waals surface area contributed by atoms with E-state index in [0.717, 1.165) is 16.7 Å². The molecule has 42 heavy (non-hydrogen) atoms. The SMILES string of the molecule is [Cl-].[Cl-].c1ccc(P=[N+](c2ccccc2)c2ccccc2)cc1.c1ccc(P=[N+](c2ccccc2)c2ccccc2)cc1. The summed E-state index contributed by atoms with van der Waals surface area (Å²) in [5, 5.41) is 2.56. The number of rotatable bonds is 6. The highest BCUT2D eigenvalue weighted by Crippen LogP contribution is 2.26. The molecule has 6 rings (SSSR count). The molecular weight excluding hydrogens is 593 g/mol. The highest BCUT2D eigenvalue weighted by atomic mass is 35.5. The maximum Gasteiger partial charge on any atom is 0.258 e. The lowest BCUT2D eigenvalue weighted by Crippen LogP contribution is -3.00. The lowest BCUT2D eigenvalue weighted by molar-refractivity contribution is -0.001000. The summed E-state index contributed by atoms with van der Waals surface area (Å²) >= 11 is 0. The van der Waals surface area contributed by atoms with Gasteiger partial charge in [0.05, 0.1) is 10.6 Å². The summed E-state index contributed by atoms with van der Waals surface area (Å²) in [4.78, 5) is 0. The Morgan fingerprint density at radius 3 is 0.667 bits per heavy atom. The van der Waals surface area contributed by atoms with Gasteiger partial charge in [0, 0.05) is 48.5 Å². The molecule has 0 saturated heterocycles. The first kappa shape index (κ1) is 32.6. The second-order valence-electron chi connectivity index (χ2n) is 8.84. The van der Waals surface area contributed by atoms with E-state index >= 15 is 0 Å². The molecule has 6 aromatic carbocycles. The van der Waals surface area contributed by atoms with Gasteiger partial charge < -0.3 is 24.8 Å². The van der Waals surface area contributed by atoms with Gasteiger partial charge in [-0.2, -0.15) is 0 Å². The summed E-state index contributed by atoms with van der Waals surface area (Å²) in [7, 11) is 2.31. The van der Waals surface area contributed by atoms with Crippen LogP contribution in [0.25, 0.3) is 0 Å². The number of halogens is 2. The normalized spacial score (nSPS) is 9.90. The Hall–Kier alpha value is -3.90. The second-order valence-corrected chi connectivity index (χ2v) is 11.1. The first-order valence-corrected chi connectivity index (χ1v) is 14.9. The van der Waals surface area contributed by atoms with E-state index in [-0.39, 0.29) is 24.8 Å². The molecule has 0 saturated carbocycles. The van der Waals surface area contributed by atoms with Crippen LogP contribution in [0.5, 0.6) is 0 Å². The highest BCUT2D eigenvalue weighted by Gasteiger charge is 2.14. The van der Waals surface area contributed by atoms with Crippen molar-refractivity contribution < 1.29 is 24.8 Å². The molecule has 0 radical (unpaired) electrons. The molecular formula is C36H30Cl2N2P2. The van der Waals surface area contributed by atoms with Gasteiger partial charge in [-0.3, -0.25) is 0 Å². The average molecular weight is 624 g/mol. The van der Waals surface area contributed by atoms with E-state index in [1.807, 2.05) is 36.4 Å². The van der Waals surface area contributed by atoms with Gasteiger partial charge in [0.25, 0.3) is 16.7 Å². The van der Waals surface area contributed by atoms with E-state index in [2.05, 4.69) is 154 Å². The third-order valence-electron chi connectivity index (χ3n) is 5.95. The third kappa shape index (κ3) is 9.59. The molecule has 0 atom stereocenters. The Morgan fingerprint density at radius 1 is 0.262 bits per heavy atom. The minimum absolute atomic E-state index is 0. The van der Waals surface area contributed by atoms with Crippen molar-refractivity contribution in [3.63, 3.8) is 0 Å². The molecule has 0 heterocycles. The third-order valence-corrected chi connectivity index (χ3v) is 8.33. The predicted octanol–water partition coefficient (Wildman–Crippen LogP) is 3.96. The zero-order valence-corrected chi connectivity index (χ0v) is 26.2. The zero-order chi connectivity index (χ0) is 27.2. The van der Waals surface area contributed by atoms with Crippen LogP contribution in [-0.4, -0.2) is 0 Å². The Kier molecular flexibility index (Phi) is 13.8. The Bertz CT molecular complexity index is 1440. The largest absolute Gasteiger partial charge is 1.00 e. The van der Waals surface area contributed by atoms with Crippen LogP contribution < -0.4 is 44.1 Å². The second kappa shape index (κ2) is 17.8. The van der Waals surface area contributed by atoms with Crippen molar-refractivity contribution in [3.8, 4) is 0 Å². The van der Waals surface area contributed by atoms with E-state index in [1.54, 1.807) is 0 Å². The van der Waals surface area contributed by atoms with Crippen molar-refractivity contribution in [2.24, 2.45) is 0 Å². The van der Waals surface area contributed by atoms with Crippen molar-refractivity contribution in [1.29, 1.82) is 0 Å². The monoisotopic (exact) mass is 622 g/mol. The van der Waals surface area contributed by atoms with Crippen LogP contribution in [0, 0.1) is 0 Å². The summed E-state index contributed by atoms with van der Waals surface area (Å²) in [6, 6.07) is 63.0.